The summed E-state index contributed by atoms with van der Waals surface area (Å²) in [5.41, 5.74) is 6.70. The first-order valence-electron chi connectivity index (χ1n) is 6.45. The molecule has 0 atom stereocenters. The van der Waals surface area contributed by atoms with Crippen LogP contribution in [0.4, 0.5) is 4.39 Å². The number of hydrogen-bond acceptors (Lipinski definition) is 1. The van der Waals surface area contributed by atoms with Crippen molar-refractivity contribution in [2.45, 2.75) is 38.1 Å². The van der Waals surface area contributed by atoms with Crippen LogP contribution in [0.3, 0.4) is 0 Å². The Morgan fingerprint density at radius 3 is 2.65 bits per heavy atom. The molecule has 1 aromatic rings. The van der Waals surface area contributed by atoms with Crippen LogP contribution in [0.1, 0.15) is 32.3 Å². The van der Waals surface area contributed by atoms with Crippen molar-refractivity contribution in [1.29, 1.82) is 0 Å². The predicted molar refractivity (Wildman–Crippen MR) is 92.5 cm³/mol. The lowest BCUT2D eigenvalue weighted by molar-refractivity contribution is 0.623. The van der Waals surface area contributed by atoms with E-state index in [0.717, 1.165) is 18.4 Å². The second-order valence-electron chi connectivity index (χ2n) is 5.41. The quantitative estimate of drug-likeness (QED) is 0.453. The minimum Gasteiger partial charge on any atom is -0.370 e. The van der Waals surface area contributed by atoms with Crippen LogP contribution in [0.2, 0.25) is 5.02 Å². The third-order valence-corrected chi connectivity index (χ3v) is 3.66. The van der Waals surface area contributed by atoms with Gasteiger partial charge in [-0.05, 0) is 44.4 Å². The first-order chi connectivity index (χ1) is 8.93. The molecule has 6 heteroatoms. The molecule has 1 aliphatic rings. The minimum atomic E-state index is -0.311. The van der Waals surface area contributed by atoms with Crippen molar-refractivity contribution in [1.82, 2.24) is 5.32 Å². The maximum Gasteiger partial charge on any atom is 0.188 e. The molecule has 112 valence electrons. The highest BCUT2D eigenvalue weighted by Crippen LogP contribution is 2.50. The lowest BCUT2D eigenvalue weighted by Crippen LogP contribution is -2.37. The molecule has 1 aromatic carbocycles. The van der Waals surface area contributed by atoms with E-state index in [0.29, 0.717) is 17.5 Å². The number of aliphatic imine (C=N–C) groups is 1. The molecule has 0 aromatic heterocycles. The summed E-state index contributed by atoms with van der Waals surface area (Å²) in [6, 6.07) is 4.82. The summed E-state index contributed by atoms with van der Waals surface area (Å²) < 4.78 is 13.1. The van der Waals surface area contributed by atoms with Crippen LogP contribution in [0.5, 0.6) is 0 Å². The number of nitrogens with zero attached hydrogens (tertiary/aromatic N) is 1. The van der Waals surface area contributed by atoms with Gasteiger partial charge in [-0.3, -0.25) is 4.99 Å². The standard InChI is InChI=1S/C14H19ClFN3.HI/c1-9(2)19-13(17)18-8-14(5-6-14)11-4-3-10(16)7-12(11)15;/h3-4,7,9H,5-6,8H2,1-2H3,(H3,17,18,19);1H. The topological polar surface area (TPSA) is 50.4 Å². The predicted octanol–water partition coefficient (Wildman–Crippen LogP) is 3.44. The zero-order valence-electron chi connectivity index (χ0n) is 11.6. The average Bonchev–Trinajstić information content (AvgIpc) is 3.06. The van der Waals surface area contributed by atoms with Crippen molar-refractivity contribution in [3.8, 4) is 0 Å². The van der Waals surface area contributed by atoms with Crippen molar-refractivity contribution < 1.29 is 4.39 Å². The second kappa shape index (κ2) is 6.93. The fourth-order valence-corrected chi connectivity index (χ4v) is 2.53. The van der Waals surface area contributed by atoms with Crippen molar-refractivity contribution in [2.75, 3.05) is 6.54 Å². The molecule has 0 spiro atoms. The molecule has 1 fully saturated rings. The Balaban J connectivity index is 0.00000200. The van der Waals surface area contributed by atoms with Gasteiger partial charge in [0.1, 0.15) is 5.82 Å². The van der Waals surface area contributed by atoms with E-state index < -0.39 is 0 Å². The van der Waals surface area contributed by atoms with E-state index in [-0.39, 0.29) is 41.3 Å². The molecule has 0 radical (unpaired) electrons. The van der Waals surface area contributed by atoms with Crippen molar-refractivity contribution in [2.24, 2.45) is 10.7 Å². The Labute approximate surface area is 141 Å². The largest absolute Gasteiger partial charge is 0.370 e. The number of benzene rings is 1. The van der Waals surface area contributed by atoms with Gasteiger partial charge in [0.15, 0.2) is 5.96 Å². The number of nitrogens with two attached hydrogens (primary N) is 1. The van der Waals surface area contributed by atoms with Crippen LogP contribution < -0.4 is 11.1 Å². The molecule has 1 saturated carbocycles. The normalized spacial score (nSPS) is 16.8. The van der Waals surface area contributed by atoms with E-state index in [1.54, 1.807) is 6.07 Å². The Kier molecular flexibility index (Phi) is 6.06. The Bertz CT molecular complexity index is 501. The highest BCUT2D eigenvalue weighted by Gasteiger charge is 2.45. The van der Waals surface area contributed by atoms with E-state index in [2.05, 4.69) is 10.3 Å². The summed E-state index contributed by atoms with van der Waals surface area (Å²) in [7, 11) is 0. The Hall–Kier alpha value is -0.560. The first-order valence-corrected chi connectivity index (χ1v) is 6.83. The molecule has 1 aliphatic carbocycles. The van der Waals surface area contributed by atoms with Crippen LogP contribution in [-0.2, 0) is 5.41 Å². The molecule has 0 unspecified atom stereocenters. The molecule has 0 aliphatic heterocycles. The minimum absolute atomic E-state index is 0. The Morgan fingerprint density at radius 2 is 2.15 bits per heavy atom. The number of guanidine groups is 1. The van der Waals surface area contributed by atoms with Crippen LogP contribution in [0.15, 0.2) is 23.2 Å². The summed E-state index contributed by atoms with van der Waals surface area (Å²) in [5.74, 6) is 0.133. The fraction of sp³-hybridized carbons (Fsp3) is 0.500. The summed E-state index contributed by atoms with van der Waals surface area (Å²) in [6.07, 6.45) is 2.02. The summed E-state index contributed by atoms with van der Waals surface area (Å²) in [6.45, 7) is 4.60. The second-order valence-corrected chi connectivity index (χ2v) is 5.81. The third-order valence-electron chi connectivity index (χ3n) is 3.34. The zero-order chi connectivity index (χ0) is 14.0. The molecule has 0 bridgehead atoms. The SMILES string of the molecule is CC(C)NC(N)=NCC1(c2ccc(F)cc2Cl)CC1.I. The molecular formula is C14H20ClFIN3. The Morgan fingerprint density at radius 1 is 1.50 bits per heavy atom. The van der Waals surface area contributed by atoms with Gasteiger partial charge in [0.2, 0.25) is 0 Å². The average molecular weight is 412 g/mol. The molecule has 2 rings (SSSR count). The van der Waals surface area contributed by atoms with Gasteiger partial charge in [0.25, 0.3) is 0 Å². The van der Waals surface area contributed by atoms with Gasteiger partial charge in [0.05, 0.1) is 6.54 Å². The van der Waals surface area contributed by atoms with Gasteiger partial charge in [0, 0.05) is 16.5 Å². The molecular weight excluding hydrogens is 392 g/mol. The lowest BCUT2D eigenvalue weighted by Gasteiger charge is -2.16. The van der Waals surface area contributed by atoms with Gasteiger partial charge in [-0.2, -0.15) is 0 Å². The number of halogens is 3. The van der Waals surface area contributed by atoms with E-state index >= 15 is 0 Å². The highest BCUT2D eigenvalue weighted by atomic mass is 127. The summed E-state index contributed by atoms with van der Waals surface area (Å²) in [4.78, 5) is 4.37. The van der Waals surface area contributed by atoms with E-state index in [9.17, 15) is 4.39 Å². The summed E-state index contributed by atoms with van der Waals surface area (Å²) in [5, 5.41) is 3.53. The number of rotatable bonds is 4. The van der Waals surface area contributed by atoms with Gasteiger partial charge in [-0.1, -0.05) is 17.7 Å². The van der Waals surface area contributed by atoms with Crippen molar-refractivity contribution in [3.63, 3.8) is 0 Å². The van der Waals surface area contributed by atoms with Crippen LogP contribution >= 0.6 is 35.6 Å². The monoisotopic (exact) mass is 411 g/mol. The molecule has 0 amide bonds. The van der Waals surface area contributed by atoms with Crippen molar-refractivity contribution in [3.05, 3.63) is 34.6 Å². The van der Waals surface area contributed by atoms with E-state index in [1.807, 2.05) is 13.8 Å². The molecule has 20 heavy (non-hydrogen) atoms. The van der Waals surface area contributed by atoms with Crippen LogP contribution in [-0.4, -0.2) is 18.5 Å². The highest BCUT2D eigenvalue weighted by molar-refractivity contribution is 14.0. The fourth-order valence-electron chi connectivity index (χ4n) is 2.16. The van der Waals surface area contributed by atoms with Crippen LogP contribution in [0, 0.1) is 5.82 Å². The molecule has 3 N–H and O–H groups in total. The van der Waals surface area contributed by atoms with Crippen LogP contribution in [0.25, 0.3) is 0 Å². The lowest BCUT2D eigenvalue weighted by atomic mass is 9.96. The molecule has 0 heterocycles. The maximum absolute atomic E-state index is 13.1. The van der Waals surface area contributed by atoms with E-state index in [4.69, 9.17) is 17.3 Å². The number of nitrogens with one attached hydrogen (secondary N) is 1. The third kappa shape index (κ3) is 4.22. The number of hydrogen-bond donors (Lipinski definition) is 2. The van der Waals surface area contributed by atoms with Gasteiger partial charge >= 0.3 is 0 Å². The maximum atomic E-state index is 13.1. The van der Waals surface area contributed by atoms with Gasteiger partial charge in [-0.25, -0.2) is 4.39 Å². The molecule has 3 nitrogen and oxygen atoms in total. The zero-order valence-corrected chi connectivity index (χ0v) is 14.7. The van der Waals surface area contributed by atoms with Gasteiger partial charge in [-0.15, -0.1) is 24.0 Å². The van der Waals surface area contributed by atoms with E-state index in [1.165, 1.54) is 12.1 Å². The summed E-state index contributed by atoms with van der Waals surface area (Å²) >= 11 is 6.12. The molecule has 0 saturated heterocycles. The smallest absolute Gasteiger partial charge is 0.188 e. The first kappa shape index (κ1) is 17.5. The van der Waals surface area contributed by atoms with Gasteiger partial charge < -0.3 is 11.1 Å². The van der Waals surface area contributed by atoms with Crippen molar-refractivity contribution >= 4 is 41.5 Å².